The van der Waals surface area contributed by atoms with Crippen LogP contribution in [0.15, 0.2) is 0 Å². The van der Waals surface area contributed by atoms with Crippen LogP contribution in [0, 0.1) is 23.7 Å². The Balaban J connectivity index is 1.64. The van der Waals surface area contributed by atoms with Gasteiger partial charge >= 0.3 is 5.97 Å². The third-order valence-corrected chi connectivity index (χ3v) is 5.24. The molecule has 0 aromatic heterocycles. The van der Waals surface area contributed by atoms with Gasteiger partial charge in [-0.2, -0.15) is 0 Å². The number of carboxylic acid groups (broad SMARTS) is 1. The molecule has 1 atom stereocenters. The largest absolute Gasteiger partial charge is 0.481 e. The molecule has 0 radical (unpaired) electrons. The van der Waals surface area contributed by atoms with E-state index >= 15 is 0 Å². The second-order valence-electron chi connectivity index (χ2n) is 6.82. The normalized spacial score (nSPS) is 44.9. The fraction of sp³-hybridized carbons (Fsp3) is 0.929. The van der Waals surface area contributed by atoms with Crippen LogP contribution >= 0.6 is 0 Å². The zero-order chi connectivity index (χ0) is 12.0. The second-order valence-corrected chi connectivity index (χ2v) is 6.82. The number of hydrogen-bond acceptors (Lipinski definition) is 2. The van der Waals surface area contributed by atoms with Crippen molar-refractivity contribution in [3.05, 3.63) is 0 Å². The van der Waals surface area contributed by atoms with Gasteiger partial charge < -0.3 is 10.4 Å². The minimum atomic E-state index is -0.678. The number of rotatable bonds is 4. The molecule has 1 unspecified atom stereocenters. The molecule has 0 heterocycles. The van der Waals surface area contributed by atoms with Gasteiger partial charge in [0.05, 0.1) is 5.92 Å². The van der Waals surface area contributed by atoms with Gasteiger partial charge in [-0.1, -0.05) is 6.92 Å². The Hall–Kier alpha value is -0.570. The molecule has 0 aromatic carbocycles. The van der Waals surface area contributed by atoms with E-state index in [1.807, 2.05) is 0 Å². The van der Waals surface area contributed by atoms with Crippen LogP contribution in [0.1, 0.15) is 45.4 Å². The first-order valence-electron chi connectivity index (χ1n) is 7.04. The van der Waals surface area contributed by atoms with E-state index in [0.29, 0.717) is 12.1 Å². The van der Waals surface area contributed by atoms with Crippen LogP contribution in [-0.2, 0) is 4.79 Å². The molecule has 0 saturated heterocycles. The first-order chi connectivity index (χ1) is 8.06. The Morgan fingerprint density at radius 3 is 2.12 bits per heavy atom. The summed E-state index contributed by atoms with van der Waals surface area (Å²) in [7, 11) is 0. The summed E-state index contributed by atoms with van der Waals surface area (Å²) >= 11 is 0. The Morgan fingerprint density at radius 2 is 1.71 bits per heavy atom. The van der Waals surface area contributed by atoms with Crippen molar-refractivity contribution in [2.45, 2.75) is 51.0 Å². The molecule has 2 N–H and O–H groups in total. The van der Waals surface area contributed by atoms with Gasteiger partial charge in [-0.3, -0.25) is 4.79 Å². The Labute approximate surface area is 103 Å². The van der Waals surface area contributed by atoms with E-state index in [-0.39, 0.29) is 5.92 Å². The van der Waals surface area contributed by atoms with Gasteiger partial charge in [0, 0.05) is 12.1 Å². The van der Waals surface area contributed by atoms with Crippen molar-refractivity contribution >= 4 is 5.97 Å². The van der Waals surface area contributed by atoms with E-state index in [1.165, 1.54) is 38.5 Å². The van der Waals surface area contributed by atoms with Gasteiger partial charge in [-0.25, -0.2) is 0 Å². The van der Waals surface area contributed by atoms with Crippen LogP contribution in [0.3, 0.4) is 0 Å². The molecular formula is C14H23NO2. The molecule has 4 rings (SSSR count). The smallest absolute Gasteiger partial charge is 0.307 e. The summed E-state index contributed by atoms with van der Waals surface area (Å²) in [4.78, 5) is 10.9. The summed E-state index contributed by atoms with van der Waals surface area (Å²) in [6, 6.07) is 0. The molecule has 0 aliphatic heterocycles. The van der Waals surface area contributed by atoms with Crippen LogP contribution in [0.4, 0.5) is 0 Å². The van der Waals surface area contributed by atoms with E-state index in [1.54, 1.807) is 6.92 Å². The van der Waals surface area contributed by atoms with E-state index in [2.05, 4.69) is 5.32 Å². The lowest BCUT2D eigenvalue weighted by molar-refractivity contribution is -0.141. The molecule has 96 valence electrons. The maximum atomic E-state index is 10.9. The van der Waals surface area contributed by atoms with Crippen LogP contribution in [0.25, 0.3) is 0 Å². The lowest BCUT2D eigenvalue weighted by Gasteiger charge is -2.57. The summed E-state index contributed by atoms with van der Waals surface area (Å²) < 4.78 is 0. The molecule has 4 aliphatic carbocycles. The Morgan fingerprint density at radius 1 is 1.24 bits per heavy atom. The topological polar surface area (TPSA) is 49.3 Å². The van der Waals surface area contributed by atoms with Crippen molar-refractivity contribution in [3.8, 4) is 0 Å². The summed E-state index contributed by atoms with van der Waals surface area (Å²) in [6.45, 7) is 2.44. The Bertz CT molecular complexity index is 291. The quantitative estimate of drug-likeness (QED) is 0.788. The number of hydrogen-bond donors (Lipinski definition) is 2. The van der Waals surface area contributed by atoms with Crippen LogP contribution in [0.5, 0.6) is 0 Å². The lowest BCUT2D eigenvalue weighted by atomic mass is 9.53. The second kappa shape index (κ2) is 3.98. The highest BCUT2D eigenvalue weighted by molar-refractivity contribution is 5.69. The number of carbonyl (C=O) groups is 1. The van der Waals surface area contributed by atoms with Crippen LogP contribution in [0.2, 0.25) is 0 Å². The SMILES string of the molecule is CC(CNC12CC3CC(CC(C3)C1)C2)C(=O)O. The van der Waals surface area contributed by atoms with Crippen LogP contribution in [-0.4, -0.2) is 23.2 Å². The number of carboxylic acids is 1. The third kappa shape index (κ3) is 2.10. The first kappa shape index (κ1) is 11.5. The highest BCUT2D eigenvalue weighted by atomic mass is 16.4. The van der Waals surface area contributed by atoms with Crippen molar-refractivity contribution in [3.63, 3.8) is 0 Å². The van der Waals surface area contributed by atoms with E-state index < -0.39 is 5.97 Å². The van der Waals surface area contributed by atoms with Gasteiger partial charge in [0.25, 0.3) is 0 Å². The van der Waals surface area contributed by atoms with Gasteiger partial charge in [-0.15, -0.1) is 0 Å². The standard InChI is InChI=1S/C14H23NO2/c1-9(13(16)17)8-15-14-5-10-2-11(6-14)4-12(3-10)7-14/h9-12,15H,2-8H2,1H3,(H,16,17). The molecule has 3 heteroatoms. The van der Waals surface area contributed by atoms with E-state index in [4.69, 9.17) is 5.11 Å². The van der Waals surface area contributed by atoms with Crippen LogP contribution < -0.4 is 5.32 Å². The molecule has 4 aliphatic rings. The molecule has 4 bridgehead atoms. The van der Waals surface area contributed by atoms with E-state index in [0.717, 1.165) is 17.8 Å². The number of aliphatic carboxylic acids is 1. The van der Waals surface area contributed by atoms with Gasteiger partial charge in [-0.05, 0) is 56.3 Å². The monoisotopic (exact) mass is 237 g/mol. The highest BCUT2D eigenvalue weighted by Crippen LogP contribution is 2.55. The van der Waals surface area contributed by atoms with Crippen molar-refractivity contribution in [1.82, 2.24) is 5.32 Å². The zero-order valence-electron chi connectivity index (χ0n) is 10.6. The summed E-state index contributed by atoms with van der Waals surface area (Å²) in [5, 5.41) is 12.6. The summed E-state index contributed by atoms with van der Waals surface area (Å²) in [6.07, 6.45) is 8.21. The predicted octanol–water partition coefficient (Wildman–Crippen LogP) is 2.27. The molecule has 3 nitrogen and oxygen atoms in total. The lowest BCUT2D eigenvalue weighted by Crippen LogP contribution is -2.59. The molecule has 17 heavy (non-hydrogen) atoms. The zero-order valence-corrected chi connectivity index (χ0v) is 10.6. The number of nitrogens with one attached hydrogen (secondary N) is 1. The molecule has 4 saturated carbocycles. The summed E-state index contributed by atoms with van der Waals surface area (Å²) in [5.41, 5.74) is 0.304. The molecule has 0 amide bonds. The van der Waals surface area contributed by atoms with Crippen molar-refractivity contribution in [1.29, 1.82) is 0 Å². The highest BCUT2D eigenvalue weighted by Gasteiger charge is 2.50. The molecule has 0 spiro atoms. The minimum absolute atomic E-state index is 0.261. The predicted molar refractivity (Wildman–Crippen MR) is 65.7 cm³/mol. The van der Waals surface area contributed by atoms with Gasteiger partial charge in [0.1, 0.15) is 0 Å². The fourth-order valence-corrected chi connectivity index (χ4v) is 4.78. The summed E-state index contributed by atoms with van der Waals surface area (Å²) in [5.74, 6) is 1.84. The fourth-order valence-electron chi connectivity index (χ4n) is 4.78. The van der Waals surface area contributed by atoms with Gasteiger partial charge in [0.15, 0.2) is 0 Å². The van der Waals surface area contributed by atoms with Crippen molar-refractivity contribution < 1.29 is 9.90 Å². The minimum Gasteiger partial charge on any atom is -0.481 e. The van der Waals surface area contributed by atoms with Crippen molar-refractivity contribution in [2.75, 3.05) is 6.54 Å². The third-order valence-electron chi connectivity index (χ3n) is 5.24. The first-order valence-corrected chi connectivity index (χ1v) is 7.04. The maximum absolute atomic E-state index is 10.9. The molecular weight excluding hydrogens is 214 g/mol. The molecule has 0 aromatic rings. The van der Waals surface area contributed by atoms with E-state index in [9.17, 15) is 4.79 Å². The average molecular weight is 237 g/mol. The van der Waals surface area contributed by atoms with Gasteiger partial charge in [0.2, 0.25) is 0 Å². The average Bonchev–Trinajstić information content (AvgIpc) is 2.24. The maximum Gasteiger partial charge on any atom is 0.307 e. The Kier molecular flexibility index (Phi) is 2.69. The molecule has 4 fully saturated rings. The van der Waals surface area contributed by atoms with Crippen molar-refractivity contribution in [2.24, 2.45) is 23.7 Å².